The van der Waals surface area contributed by atoms with Gasteiger partial charge in [-0.3, -0.25) is 9.59 Å². The van der Waals surface area contributed by atoms with Crippen molar-refractivity contribution in [2.75, 3.05) is 31.5 Å². The summed E-state index contributed by atoms with van der Waals surface area (Å²) in [5, 5.41) is 6.17. The highest BCUT2D eigenvalue weighted by molar-refractivity contribution is 5.95. The molecule has 22 heavy (non-hydrogen) atoms. The molecule has 118 valence electrons. The number of nitrogens with zero attached hydrogens (tertiary/aromatic N) is 1. The van der Waals surface area contributed by atoms with Crippen LogP contribution in [0.4, 0.5) is 5.69 Å². The van der Waals surface area contributed by atoms with Gasteiger partial charge >= 0.3 is 0 Å². The summed E-state index contributed by atoms with van der Waals surface area (Å²) in [4.78, 5) is 25.6. The van der Waals surface area contributed by atoms with E-state index in [0.29, 0.717) is 5.56 Å². The Labute approximate surface area is 131 Å². The third kappa shape index (κ3) is 3.30. The third-order valence-electron chi connectivity index (χ3n) is 4.76. The van der Waals surface area contributed by atoms with Crippen LogP contribution >= 0.6 is 0 Å². The Morgan fingerprint density at radius 2 is 1.68 bits per heavy atom. The van der Waals surface area contributed by atoms with Crippen LogP contribution in [0.3, 0.4) is 0 Å². The minimum atomic E-state index is -0.105. The molecular formula is C17H23N3O2. The molecule has 2 fully saturated rings. The zero-order valence-corrected chi connectivity index (χ0v) is 13.0. The molecule has 1 aromatic rings. The molecule has 2 aliphatic rings. The Hall–Kier alpha value is -1.88. The number of fused-ring (bicyclic) bond motifs is 1. The van der Waals surface area contributed by atoms with Gasteiger partial charge < -0.3 is 15.5 Å². The first-order chi connectivity index (χ1) is 10.6. The van der Waals surface area contributed by atoms with E-state index in [1.54, 1.807) is 24.3 Å². The van der Waals surface area contributed by atoms with Crippen LogP contribution in [-0.4, -0.2) is 42.9 Å². The van der Waals surface area contributed by atoms with E-state index in [1.807, 2.05) is 4.90 Å². The summed E-state index contributed by atoms with van der Waals surface area (Å²) in [7, 11) is 0. The van der Waals surface area contributed by atoms with Crippen molar-refractivity contribution in [3.05, 3.63) is 29.8 Å². The Kier molecular flexibility index (Phi) is 4.43. The number of anilines is 1. The van der Waals surface area contributed by atoms with E-state index in [1.165, 1.54) is 6.92 Å². The van der Waals surface area contributed by atoms with E-state index in [4.69, 9.17) is 0 Å². The van der Waals surface area contributed by atoms with Gasteiger partial charge in [-0.1, -0.05) is 0 Å². The molecule has 2 heterocycles. The quantitative estimate of drug-likeness (QED) is 0.874. The normalized spacial score (nSPS) is 24.5. The van der Waals surface area contributed by atoms with Gasteiger partial charge in [0.2, 0.25) is 5.91 Å². The molecule has 3 rings (SSSR count). The first-order valence-electron chi connectivity index (χ1n) is 8.01. The van der Waals surface area contributed by atoms with Gasteiger partial charge in [0.05, 0.1) is 0 Å². The average molecular weight is 301 g/mol. The maximum Gasteiger partial charge on any atom is 0.253 e. The number of hydrogen-bond donors (Lipinski definition) is 2. The van der Waals surface area contributed by atoms with Gasteiger partial charge in [-0.25, -0.2) is 0 Å². The van der Waals surface area contributed by atoms with Crippen molar-refractivity contribution in [2.24, 2.45) is 11.8 Å². The van der Waals surface area contributed by atoms with Crippen molar-refractivity contribution < 1.29 is 9.59 Å². The maximum absolute atomic E-state index is 12.6. The number of rotatable bonds is 2. The van der Waals surface area contributed by atoms with Gasteiger partial charge in [0.25, 0.3) is 5.91 Å². The fraction of sp³-hybridized carbons (Fsp3) is 0.529. The highest BCUT2D eigenvalue weighted by Gasteiger charge is 2.31. The SMILES string of the molecule is CC(=O)Nc1ccc(C(=O)N2CC[C@@H]3CNC[C@@H]3CC2)cc1. The molecule has 0 saturated carbocycles. The van der Waals surface area contributed by atoms with Crippen LogP contribution in [0.2, 0.25) is 0 Å². The van der Waals surface area contributed by atoms with Crippen molar-refractivity contribution in [1.29, 1.82) is 0 Å². The molecule has 0 aliphatic carbocycles. The number of amides is 2. The molecule has 2 N–H and O–H groups in total. The van der Waals surface area contributed by atoms with E-state index >= 15 is 0 Å². The lowest BCUT2D eigenvalue weighted by Gasteiger charge is -2.21. The molecule has 1 aromatic carbocycles. The van der Waals surface area contributed by atoms with Crippen molar-refractivity contribution in [2.45, 2.75) is 19.8 Å². The lowest BCUT2D eigenvalue weighted by atomic mass is 9.92. The molecule has 0 aromatic heterocycles. The predicted molar refractivity (Wildman–Crippen MR) is 85.7 cm³/mol. The van der Waals surface area contributed by atoms with Crippen LogP contribution in [0.1, 0.15) is 30.1 Å². The Morgan fingerprint density at radius 1 is 1.09 bits per heavy atom. The van der Waals surface area contributed by atoms with Crippen LogP contribution in [0.25, 0.3) is 0 Å². The molecular weight excluding hydrogens is 278 g/mol. The lowest BCUT2D eigenvalue weighted by Crippen LogP contribution is -2.32. The fourth-order valence-electron chi connectivity index (χ4n) is 3.50. The monoisotopic (exact) mass is 301 g/mol. The standard InChI is InChI=1S/C17H23N3O2/c1-12(21)19-16-4-2-13(3-5-16)17(22)20-8-6-14-10-18-11-15(14)7-9-20/h2-5,14-15,18H,6-11H2,1H3,(H,19,21)/t14-,15+. The second-order valence-corrected chi connectivity index (χ2v) is 6.31. The molecule has 0 spiro atoms. The van der Waals surface area contributed by atoms with Crippen LogP contribution < -0.4 is 10.6 Å². The second-order valence-electron chi connectivity index (χ2n) is 6.31. The highest BCUT2D eigenvalue weighted by Crippen LogP contribution is 2.27. The van der Waals surface area contributed by atoms with E-state index in [0.717, 1.165) is 56.5 Å². The first-order valence-corrected chi connectivity index (χ1v) is 8.01. The second kappa shape index (κ2) is 6.48. The van der Waals surface area contributed by atoms with Crippen LogP contribution in [0.5, 0.6) is 0 Å². The number of likely N-dealkylation sites (tertiary alicyclic amines) is 1. The smallest absolute Gasteiger partial charge is 0.253 e. The van der Waals surface area contributed by atoms with Gasteiger partial charge in [0.1, 0.15) is 0 Å². The van der Waals surface area contributed by atoms with Crippen molar-refractivity contribution >= 4 is 17.5 Å². The molecule has 2 saturated heterocycles. The minimum Gasteiger partial charge on any atom is -0.339 e. The highest BCUT2D eigenvalue weighted by atomic mass is 16.2. The van der Waals surface area contributed by atoms with Gasteiger partial charge in [-0.2, -0.15) is 0 Å². The lowest BCUT2D eigenvalue weighted by molar-refractivity contribution is -0.114. The molecule has 0 unspecified atom stereocenters. The van der Waals surface area contributed by atoms with E-state index < -0.39 is 0 Å². The number of hydrogen-bond acceptors (Lipinski definition) is 3. The number of carbonyl (C=O) groups is 2. The molecule has 2 atom stereocenters. The molecule has 2 amide bonds. The van der Waals surface area contributed by atoms with E-state index in [2.05, 4.69) is 10.6 Å². The predicted octanol–water partition coefficient (Wildman–Crippen LogP) is 1.72. The summed E-state index contributed by atoms with van der Waals surface area (Å²) in [6.45, 7) is 5.35. The number of nitrogens with one attached hydrogen (secondary N) is 2. The average Bonchev–Trinajstić information content (AvgIpc) is 2.85. The molecule has 5 heteroatoms. The van der Waals surface area contributed by atoms with Crippen molar-refractivity contribution in [3.8, 4) is 0 Å². The van der Waals surface area contributed by atoms with Gasteiger partial charge in [-0.05, 0) is 62.0 Å². The van der Waals surface area contributed by atoms with Crippen LogP contribution in [-0.2, 0) is 4.79 Å². The largest absolute Gasteiger partial charge is 0.339 e. The number of benzene rings is 1. The summed E-state index contributed by atoms with van der Waals surface area (Å²) in [6, 6.07) is 7.15. The van der Waals surface area contributed by atoms with Crippen LogP contribution in [0, 0.1) is 11.8 Å². The van der Waals surface area contributed by atoms with Gasteiger partial charge in [0.15, 0.2) is 0 Å². The Morgan fingerprint density at radius 3 is 2.23 bits per heavy atom. The van der Waals surface area contributed by atoms with Gasteiger partial charge in [0, 0.05) is 31.3 Å². The summed E-state index contributed by atoms with van der Waals surface area (Å²) >= 11 is 0. The van der Waals surface area contributed by atoms with E-state index in [-0.39, 0.29) is 11.8 Å². The third-order valence-corrected chi connectivity index (χ3v) is 4.76. The number of carbonyl (C=O) groups excluding carboxylic acids is 2. The summed E-state index contributed by atoms with van der Waals surface area (Å²) in [5.74, 6) is 1.44. The first kappa shape index (κ1) is 15.0. The Bertz CT molecular complexity index is 542. The topological polar surface area (TPSA) is 61.4 Å². The van der Waals surface area contributed by atoms with Crippen molar-refractivity contribution in [1.82, 2.24) is 10.2 Å². The maximum atomic E-state index is 12.6. The molecule has 5 nitrogen and oxygen atoms in total. The molecule has 0 bridgehead atoms. The van der Waals surface area contributed by atoms with Crippen LogP contribution in [0.15, 0.2) is 24.3 Å². The van der Waals surface area contributed by atoms with E-state index in [9.17, 15) is 9.59 Å². The summed E-state index contributed by atoms with van der Waals surface area (Å²) in [6.07, 6.45) is 2.18. The zero-order valence-electron chi connectivity index (χ0n) is 13.0. The summed E-state index contributed by atoms with van der Waals surface area (Å²) in [5.41, 5.74) is 1.42. The summed E-state index contributed by atoms with van der Waals surface area (Å²) < 4.78 is 0. The minimum absolute atomic E-state index is 0.0994. The Balaban J connectivity index is 1.64. The molecule has 2 aliphatic heterocycles. The fourth-order valence-corrected chi connectivity index (χ4v) is 3.50. The zero-order chi connectivity index (χ0) is 15.5. The molecule has 0 radical (unpaired) electrons. The van der Waals surface area contributed by atoms with Gasteiger partial charge in [-0.15, -0.1) is 0 Å². The van der Waals surface area contributed by atoms with Crippen molar-refractivity contribution in [3.63, 3.8) is 0 Å².